The quantitative estimate of drug-likeness (QED) is 0.785. The third kappa shape index (κ3) is 4.38. The second-order valence-electron chi connectivity index (χ2n) is 4.60. The summed E-state index contributed by atoms with van der Waals surface area (Å²) in [5.74, 6) is -0.243. The van der Waals surface area contributed by atoms with Crippen LogP contribution in [0.4, 0.5) is 13.2 Å². The molecule has 2 rings (SSSR count). The van der Waals surface area contributed by atoms with Crippen molar-refractivity contribution in [3.8, 4) is 0 Å². The fourth-order valence-electron chi connectivity index (χ4n) is 2.00. The largest absolute Gasteiger partial charge is 0.312 e. The molecule has 0 aliphatic rings. The summed E-state index contributed by atoms with van der Waals surface area (Å²) in [6, 6.07) is 12.8. The SMILES string of the molecule is Fc1cccc(CCNCc2cccc(C(F)F)c2)c1. The van der Waals surface area contributed by atoms with Gasteiger partial charge in [-0.3, -0.25) is 0 Å². The molecule has 0 radical (unpaired) electrons. The summed E-state index contributed by atoms with van der Waals surface area (Å²) < 4.78 is 38.0. The van der Waals surface area contributed by atoms with E-state index in [0.29, 0.717) is 19.5 Å². The molecule has 2 aromatic rings. The summed E-state index contributed by atoms with van der Waals surface area (Å²) in [6.07, 6.45) is -1.74. The minimum Gasteiger partial charge on any atom is -0.312 e. The highest BCUT2D eigenvalue weighted by molar-refractivity contribution is 5.24. The summed E-state index contributed by atoms with van der Waals surface area (Å²) in [6.45, 7) is 1.19. The van der Waals surface area contributed by atoms with Crippen molar-refractivity contribution in [2.24, 2.45) is 0 Å². The van der Waals surface area contributed by atoms with Gasteiger partial charge < -0.3 is 5.32 Å². The van der Waals surface area contributed by atoms with Crippen LogP contribution in [0.15, 0.2) is 48.5 Å². The van der Waals surface area contributed by atoms with Crippen molar-refractivity contribution in [2.45, 2.75) is 19.4 Å². The molecule has 0 aliphatic carbocycles. The monoisotopic (exact) mass is 279 g/mol. The van der Waals surface area contributed by atoms with Crippen LogP contribution in [0.3, 0.4) is 0 Å². The summed E-state index contributed by atoms with van der Waals surface area (Å²) in [4.78, 5) is 0. The highest BCUT2D eigenvalue weighted by Crippen LogP contribution is 2.19. The zero-order chi connectivity index (χ0) is 14.4. The summed E-state index contributed by atoms with van der Waals surface area (Å²) in [5.41, 5.74) is 1.77. The third-order valence-corrected chi connectivity index (χ3v) is 3.01. The molecule has 0 amide bonds. The van der Waals surface area contributed by atoms with E-state index in [2.05, 4.69) is 5.32 Å². The number of rotatable bonds is 6. The average molecular weight is 279 g/mol. The van der Waals surface area contributed by atoms with Crippen LogP contribution in [-0.4, -0.2) is 6.54 Å². The van der Waals surface area contributed by atoms with Gasteiger partial charge in [0.1, 0.15) is 5.82 Å². The maximum absolute atomic E-state index is 13.0. The van der Waals surface area contributed by atoms with Crippen molar-refractivity contribution in [3.05, 3.63) is 71.0 Å². The maximum atomic E-state index is 13.0. The Morgan fingerprint density at radius 3 is 2.45 bits per heavy atom. The predicted octanol–water partition coefficient (Wildman–Crippen LogP) is 4.10. The molecule has 0 aromatic heterocycles. The van der Waals surface area contributed by atoms with Crippen molar-refractivity contribution >= 4 is 0 Å². The Kier molecular flexibility index (Phi) is 5.18. The van der Waals surface area contributed by atoms with E-state index in [1.54, 1.807) is 18.2 Å². The molecular weight excluding hydrogens is 263 g/mol. The molecular formula is C16H16F3N. The van der Waals surface area contributed by atoms with E-state index in [1.807, 2.05) is 6.07 Å². The fraction of sp³-hybridized carbons (Fsp3) is 0.250. The zero-order valence-corrected chi connectivity index (χ0v) is 11.0. The van der Waals surface area contributed by atoms with Crippen LogP contribution in [-0.2, 0) is 13.0 Å². The van der Waals surface area contributed by atoms with Gasteiger partial charge in [0.15, 0.2) is 0 Å². The predicted molar refractivity (Wildman–Crippen MR) is 73.2 cm³/mol. The van der Waals surface area contributed by atoms with E-state index in [4.69, 9.17) is 0 Å². The molecule has 0 fully saturated rings. The van der Waals surface area contributed by atoms with Crippen LogP contribution in [0.1, 0.15) is 23.1 Å². The molecule has 0 atom stereocenters. The van der Waals surface area contributed by atoms with Crippen LogP contribution in [0.5, 0.6) is 0 Å². The lowest BCUT2D eigenvalue weighted by Gasteiger charge is -2.07. The van der Waals surface area contributed by atoms with Gasteiger partial charge >= 0.3 is 0 Å². The second kappa shape index (κ2) is 7.10. The molecule has 0 aliphatic heterocycles. The van der Waals surface area contributed by atoms with Crippen molar-refractivity contribution in [1.82, 2.24) is 5.32 Å². The van der Waals surface area contributed by atoms with Crippen LogP contribution >= 0.6 is 0 Å². The molecule has 0 heterocycles. The number of hydrogen-bond donors (Lipinski definition) is 1. The Morgan fingerprint density at radius 2 is 1.70 bits per heavy atom. The van der Waals surface area contributed by atoms with Gasteiger partial charge in [-0.05, 0) is 42.3 Å². The molecule has 0 saturated carbocycles. The molecule has 1 nitrogen and oxygen atoms in total. The van der Waals surface area contributed by atoms with Crippen LogP contribution in [0.2, 0.25) is 0 Å². The topological polar surface area (TPSA) is 12.0 Å². The summed E-state index contributed by atoms with van der Waals surface area (Å²) >= 11 is 0. The van der Waals surface area contributed by atoms with E-state index >= 15 is 0 Å². The standard InChI is InChI=1S/C16H16F3N/c17-15-6-2-3-12(10-15)7-8-20-11-13-4-1-5-14(9-13)16(18)19/h1-6,9-10,16,20H,7-8,11H2. The number of hydrogen-bond acceptors (Lipinski definition) is 1. The van der Waals surface area contributed by atoms with E-state index < -0.39 is 6.43 Å². The molecule has 1 N–H and O–H groups in total. The van der Waals surface area contributed by atoms with Gasteiger partial charge in [-0.25, -0.2) is 13.2 Å². The van der Waals surface area contributed by atoms with E-state index in [0.717, 1.165) is 11.1 Å². The molecule has 4 heteroatoms. The highest BCUT2D eigenvalue weighted by atomic mass is 19.3. The lowest BCUT2D eigenvalue weighted by Crippen LogP contribution is -2.16. The van der Waals surface area contributed by atoms with Crippen molar-refractivity contribution in [3.63, 3.8) is 0 Å². The van der Waals surface area contributed by atoms with E-state index in [-0.39, 0.29) is 11.4 Å². The first-order valence-corrected chi connectivity index (χ1v) is 6.47. The van der Waals surface area contributed by atoms with E-state index in [9.17, 15) is 13.2 Å². The smallest absolute Gasteiger partial charge is 0.263 e. The number of halogens is 3. The van der Waals surface area contributed by atoms with Crippen LogP contribution in [0, 0.1) is 5.82 Å². The Hall–Kier alpha value is -1.81. The average Bonchev–Trinajstić information content (AvgIpc) is 2.44. The Bertz CT molecular complexity index is 555. The van der Waals surface area contributed by atoms with Gasteiger partial charge in [0.05, 0.1) is 0 Å². The zero-order valence-electron chi connectivity index (χ0n) is 11.0. The minimum absolute atomic E-state index is 0.0365. The van der Waals surface area contributed by atoms with Gasteiger partial charge in [-0.2, -0.15) is 0 Å². The lowest BCUT2D eigenvalue weighted by atomic mass is 10.1. The number of alkyl halides is 2. The normalized spacial score (nSPS) is 11.0. The van der Waals surface area contributed by atoms with E-state index in [1.165, 1.54) is 24.3 Å². The molecule has 2 aromatic carbocycles. The molecule has 0 saturated heterocycles. The maximum Gasteiger partial charge on any atom is 0.263 e. The molecule has 0 spiro atoms. The van der Waals surface area contributed by atoms with Gasteiger partial charge in [-0.1, -0.05) is 30.3 Å². The first-order chi connectivity index (χ1) is 9.65. The van der Waals surface area contributed by atoms with Crippen molar-refractivity contribution in [2.75, 3.05) is 6.54 Å². The highest BCUT2D eigenvalue weighted by Gasteiger charge is 2.06. The molecule has 106 valence electrons. The molecule has 0 bridgehead atoms. The summed E-state index contributed by atoms with van der Waals surface area (Å²) in [5, 5.41) is 3.17. The van der Waals surface area contributed by atoms with Crippen LogP contribution < -0.4 is 5.32 Å². The number of benzene rings is 2. The first-order valence-electron chi connectivity index (χ1n) is 6.47. The first kappa shape index (κ1) is 14.6. The minimum atomic E-state index is -2.44. The van der Waals surface area contributed by atoms with Gasteiger partial charge in [0.25, 0.3) is 6.43 Å². The molecule has 0 unspecified atom stereocenters. The van der Waals surface area contributed by atoms with Crippen molar-refractivity contribution < 1.29 is 13.2 Å². The van der Waals surface area contributed by atoms with Gasteiger partial charge in [0, 0.05) is 12.1 Å². The lowest BCUT2D eigenvalue weighted by molar-refractivity contribution is 0.151. The fourth-order valence-corrected chi connectivity index (χ4v) is 2.00. The third-order valence-electron chi connectivity index (χ3n) is 3.01. The Morgan fingerprint density at radius 1 is 0.950 bits per heavy atom. The number of nitrogens with one attached hydrogen (secondary N) is 1. The van der Waals surface area contributed by atoms with Crippen LogP contribution in [0.25, 0.3) is 0 Å². The van der Waals surface area contributed by atoms with Gasteiger partial charge in [-0.15, -0.1) is 0 Å². The Balaban J connectivity index is 1.80. The second-order valence-corrected chi connectivity index (χ2v) is 4.60. The Labute approximate surface area is 116 Å². The molecule has 20 heavy (non-hydrogen) atoms. The summed E-state index contributed by atoms with van der Waals surface area (Å²) in [7, 11) is 0. The van der Waals surface area contributed by atoms with Gasteiger partial charge in [0.2, 0.25) is 0 Å². The van der Waals surface area contributed by atoms with Crippen molar-refractivity contribution in [1.29, 1.82) is 0 Å².